The van der Waals surface area contributed by atoms with Crippen molar-refractivity contribution in [3.8, 4) is 6.07 Å². The summed E-state index contributed by atoms with van der Waals surface area (Å²) in [6, 6.07) is 6.19. The van der Waals surface area contributed by atoms with Crippen molar-refractivity contribution in [1.29, 1.82) is 5.26 Å². The van der Waals surface area contributed by atoms with Gasteiger partial charge in [0.15, 0.2) is 0 Å². The summed E-state index contributed by atoms with van der Waals surface area (Å²) in [7, 11) is 0. The number of nitrogens with zero attached hydrogens (tertiary/aromatic N) is 3. The van der Waals surface area contributed by atoms with Gasteiger partial charge in [0.25, 0.3) is 0 Å². The summed E-state index contributed by atoms with van der Waals surface area (Å²) in [6.45, 7) is 6.79. The van der Waals surface area contributed by atoms with Crippen LogP contribution in [0.2, 0.25) is 0 Å². The summed E-state index contributed by atoms with van der Waals surface area (Å²) in [4.78, 5) is 6.58. The molecule has 80 valence electrons. The molecule has 1 rings (SSSR count). The molecule has 0 bridgehead atoms. The highest BCUT2D eigenvalue weighted by atomic mass is 15.1. The Morgan fingerprint density at radius 1 is 1.53 bits per heavy atom. The molecule has 0 amide bonds. The minimum atomic E-state index is 0.583. The number of aryl methyl sites for hydroxylation is 1. The van der Waals surface area contributed by atoms with Crippen LogP contribution in [0.25, 0.3) is 0 Å². The molecule has 0 saturated heterocycles. The molecule has 3 heteroatoms. The Balaban J connectivity index is 2.59. The Kier molecular flexibility index (Phi) is 4.79. The Bertz CT molecular complexity index is 341. The zero-order valence-corrected chi connectivity index (χ0v) is 9.40. The third kappa shape index (κ3) is 3.69. The molecule has 3 nitrogen and oxygen atoms in total. The quantitative estimate of drug-likeness (QED) is 0.736. The van der Waals surface area contributed by atoms with Crippen LogP contribution in [-0.2, 0) is 6.54 Å². The Labute approximate surface area is 91.4 Å². The highest BCUT2D eigenvalue weighted by Gasteiger charge is 2.05. The van der Waals surface area contributed by atoms with E-state index < -0.39 is 0 Å². The van der Waals surface area contributed by atoms with Crippen molar-refractivity contribution in [3.05, 3.63) is 29.6 Å². The molecule has 0 atom stereocenters. The Morgan fingerprint density at radius 3 is 2.93 bits per heavy atom. The van der Waals surface area contributed by atoms with Gasteiger partial charge in [-0.05, 0) is 25.1 Å². The molecule has 15 heavy (non-hydrogen) atoms. The van der Waals surface area contributed by atoms with E-state index in [1.165, 1.54) is 5.56 Å². The van der Waals surface area contributed by atoms with E-state index in [9.17, 15) is 0 Å². The second kappa shape index (κ2) is 6.15. The smallest absolute Gasteiger partial charge is 0.0635 e. The van der Waals surface area contributed by atoms with Gasteiger partial charge in [-0.15, -0.1) is 0 Å². The fraction of sp³-hybridized carbons (Fsp3) is 0.500. The summed E-state index contributed by atoms with van der Waals surface area (Å²) >= 11 is 0. The lowest BCUT2D eigenvalue weighted by molar-refractivity contribution is 0.282. The van der Waals surface area contributed by atoms with E-state index in [4.69, 9.17) is 5.26 Å². The predicted molar refractivity (Wildman–Crippen MR) is 60.2 cm³/mol. The summed E-state index contributed by atoms with van der Waals surface area (Å²) in [6.07, 6.45) is 2.40. The summed E-state index contributed by atoms with van der Waals surface area (Å²) in [5, 5.41) is 8.54. The molecule has 0 fully saturated rings. The van der Waals surface area contributed by atoms with Gasteiger partial charge in [-0.2, -0.15) is 5.26 Å². The average Bonchev–Trinajstić information content (AvgIpc) is 2.26. The first-order chi connectivity index (χ1) is 7.27. The lowest BCUT2D eigenvalue weighted by atomic mass is 10.2. The molecule has 0 spiro atoms. The van der Waals surface area contributed by atoms with Crippen molar-refractivity contribution in [2.45, 2.75) is 26.8 Å². The van der Waals surface area contributed by atoms with Gasteiger partial charge in [-0.1, -0.05) is 13.0 Å². The average molecular weight is 203 g/mol. The van der Waals surface area contributed by atoms with E-state index in [0.717, 1.165) is 25.3 Å². The molecule has 0 N–H and O–H groups in total. The fourth-order valence-electron chi connectivity index (χ4n) is 1.45. The van der Waals surface area contributed by atoms with Crippen LogP contribution in [-0.4, -0.2) is 23.0 Å². The van der Waals surface area contributed by atoms with Crippen LogP contribution >= 0.6 is 0 Å². The molecule has 0 aliphatic heterocycles. The van der Waals surface area contributed by atoms with Crippen molar-refractivity contribution in [2.75, 3.05) is 13.1 Å². The van der Waals surface area contributed by atoms with E-state index in [1.807, 2.05) is 12.3 Å². The highest BCUT2D eigenvalue weighted by molar-refractivity contribution is 5.17. The van der Waals surface area contributed by atoms with Crippen LogP contribution in [0.4, 0.5) is 0 Å². The monoisotopic (exact) mass is 203 g/mol. The normalized spacial score (nSPS) is 10.3. The van der Waals surface area contributed by atoms with E-state index in [-0.39, 0.29) is 0 Å². The minimum Gasteiger partial charge on any atom is -0.297 e. The third-order valence-corrected chi connectivity index (χ3v) is 2.48. The van der Waals surface area contributed by atoms with Crippen molar-refractivity contribution in [1.82, 2.24) is 9.88 Å². The summed E-state index contributed by atoms with van der Waals surface area (Å²) in [5.74, 6) is 0. The lowest BCUT2D eigenvalue weighted by Crippen LogP contribution is -2.24. The predicted octanol–water partition coefficient (Wildman–Crippen LogP) is 2.13. The van der Waals surface area contributed by atoms with Crippen LogP contribution < -0.4 is 0 Å². The molecule has 0 radical (unpaired) electrons. The minimum absolute atomic E-state index is 0.583. The second-order valence-electron chi connectivity index (χ2n) is 3.54. The second-order valence-corrected chi connectivity index (χ2v) is 3.54. The maximum absolute atomic E-state index is 8.54. The Morgan fingerprint density at radius 2 is 2.33 bits per heavy atom. The molecule has 1 aromatic heterocycles. The van der Waals surface area contributed by atoms with Gasteiger partial charge >= 0.3 is 0 Å². The lowest BCUT2D eigenvalue weighted by Gasteiger charge is -2.19. The maximum Gasteiger partial charge on any atom is 0.0635 e. The first-order valence-corrected chi connectivity index (χ1v) is 5.27. The Hall–Kier alpha value is -1.40. The van der Waals surface area contributed by atoms with Crippen LogP contribution in [0.5, 0.6) is 0 Å². The van der Waals surface area contributed by atoms with Crippen LogP contribution in [0.3, 0.4) is 0 Å². The van der Waals surface area contributed by atoms with Gasteiger partial charge in [0.1, 0.15) is 0 Å². The molecule has 0 aliphatic rings. The van der Waals surface area contributed by atoms with Crippen molar-refractivity contribution in [3.63, 3.8) is 0 Å². The molecule has 0 unspecified atom stereocenters. The largest absolute Gasteiger partial charge is 0.297 e. The third-order valence-electron chi connectivity index (χ3n) is 2.48. The number of hydrogen-bond donors (Lipinski definition) is 0. The summed E-state index contributed by atoms with van der Waals surface area (Å²) in [5.41, 5.74) is 2.32. The molecule has 0 saturated carbocycles. The number of hydrogen-bond acceptors (Lipinski definition) is 3. The molecular weight excluding hydrogens is 186 g/mol. The van der Waals surface area contributed by atoms with Crippen LogP contribution in [0.1, 0.15) is 24.6 Å². The van der Waals surface area contributed by atoms with Gasteiger partial charge in [0, 0.05) is 25.7 Å². The first kappa shape index (κ1) is 11.7. The zero-order chi connectivity index (χ0) is 11.1. The zero-order valence-electron chi connectivity index (χ0n) is 9.40. The molecule has 1 aromatic rings. The highest BCUT2D eigenvalue weighted by Crippen LogP contribution is 2.07. The molecular formula is C12H17N3. The van der Waals surface area contributed by atoms with Gasteiger partial charge in [-0.25, -0.2) is 0 Å². The summed E-state index contributed by atoms with van der Waals surface area (Å²) < 4.78 is 0. The molecule has 1 heterocycles. The van der Waals surface area contributed by atoms with E-state index in [2.05, 4.69) is 35.9 Å². The molecule has 0 aromatic carbocycles. The van der Waals surface area contributed by atoms with Gasteiger partial charge < -0.3 is 0 Å². The standard InChI is InChI=1S/C12H17N3/c1-3-15(9-5-7-13)10-12-11(2)6-4-8-14-12/h4,6,8H,3,5,9-10H2,1-2H3. The van der Waals surface area contributed by atoms with Crippen molar-refractivity contribution in [2.24, 2.45) is 0 Å². The SMILES string of the molecule is CCN(CCC#N)Cc1ncccc1C. The van der Waals surface area contributed by atoms with Gasteiger partial charge in [-0.3, -0.25) is 9.88 Å². The van der Waals surface area contributed by atoms with Gasteiger partial charge in [0.05, 0.1) is 11.8 Å². The van der Waals surface area contributed by atoms with Crippen molar-refractivity contribution >= 4 is 0 Å². The number of pyridine rings is 1. The van der Waals surface area contributed by atoms with Gasteiger partial charge in [0.2, 0.25) is 0 Å². The molecule has 0 aliphatic carbocycles. The van der Waals surface area contributed by atoms with E-state index >= 15 is 0 Å². The van der Waals surface area contributed by atoms with Crippen LogP contribution in [0.15, 0.2) is 18.3 Å². The van der Waals surface area contributed by atoms with Crippen LogP contribution in [0, 0.1) is 18.3 Å². The van der Waals surface area contributed by atoms with E-state index in [0.29, 0.717) is 6.42 Å². The topological polar surface area (TPSA) is 39.9 Å². The number of nitriles is 1. The fourth-order valence-corrected chi connectivity index (χ4v) is 1.45. The van der Waals surface area contributed by atoms with Crippen molar-refractivity contribution < 1.29 is 0 Å². The first-order valence-electron chi connectivity index (χ1n) is 5.27. The maximum atomic E-state index is 8.54. The number of aromatic nitrogens is 1. The van der Waals surface area contributed by atoms with E-state index in [1.54, 1.807) is 0 Å². The number of rotatable bonds is 5.